The SMILES string of the molecule is CCOC(=O)NNc1ccc(CN2OCC(C)(C)C2=O)c(Cl)c1. The summed E-state index contributed by atoms with van der Waals surface area (Å²) in [5.74, 6) is -0.0697. The average Bonchev–Trinajstić information content (AvgIpc) is 2.75. The van der Waals surface area contributed by atoms with E-state index < -0.39 is 11.5 Å². The van der Waals surface area contributed by atoms with Crippen molar-refractivity contribution in [2.45, 2.75) is 27.3 Å². The number of carbonyl (C=O) groups is 2. The molecule has 8 heteroatoms. The number of carbonyl (C=O) groups excluding carboxylic acids is 2. The Morgan fingerprint density at radius 1 is 1.48 bits per heavy atom. The largest absolute Gasteiger partial charge is 0.449 e. The number of rotatable bonds is 5. The average molecular weight is 342 g/mol. The molecular formula is C15H20ClN3O4. The fourth-order valence-electron chi connectivity index (χ4n) is 2.01. The van der Waals surface area contributed by atoms with Crippen molar-refractivity contribution in [1.29, 1.82) is 0 Å². The molecule has 1 aromatic carbocycles. The Labute approximate surface area is 139 Å². The van der Waals surface area contributed by atoms with Gasteiger partial charge in [0.05, 0.1) is 30.9 Å². The second kappa shape index (κ2) is 7.06. The maximum atomic E-state index is 12.1. The Morgan fingerprint density at radius 2 is 2.22 bits per heavy atom. The Balaban J connectivity index is 1.97. The van der Waals surface area contributed by atoms with Gasteiger partial charge in [0.2, 0.25) is 0 Å². The first kappa shape index (κ1) is 17.4. The highest BCUT2D eigenvalue weighted by molar-refractivity contribution is 6.31. The summed E-state index contributed by atoms with van der Waals surface area (Å²) < 4.78 is 4.73. The number of nitrogens with zero attached hydrogens (tertiary/aromatic N) is 1. The molecule has 0 aliphatic carbocycles. The zero-order valence-corrected chi connectivity index (χ0v) is 14.1. The molecule has 0 unspecified atom stereocenters. The Morgan fingerprint density at radius 3 is 2.78 bits per heavy atom. The number of amides is 2. The fourth-order valence-corrected chi connectivity index (χ4v) is 2.25. The second-order valence-electron chi connectivity index (χ2n) is 5.78. The predicted octanol–water partition coefficient (Wildman–Crippen LogP) is 2.71. The van der Waals surface area contributed by atoms with E-state index in [1.165, 1.54) is 5.06 Å². The van der Waals surface area contributed by atoms with E-state index in [0.717, 1.165) is 5.56 Å². The van der Waals surface area contributed by atoms with Gasteiger partial charge in [0.1, 0.15) is 0 Å². The molecule has 2 rings (SSSR count). The number of hydroxylamine groups is 2. The lowest BCUT2D eigenvalue weighted by molar-refractivity contribution is -0.165. The van der Waals surface area contributed by atoms with Crippen molar-refractivity contribution >= 4 is 29.3 Å². The van der Waals surface area contributed by atoms with E-state index in [4.69, 9.17) is 21.2 Å². The molecule has 23 heavy (non-hydrogen) atoms. The number of benzene rings is 1. The van der Waals surface area contributed by atoms with Gasteiger partial charge in [-0.3, -0.25) is 15.1 Å². The van der Waals surface area contributed by atoms with E-state index in [1.54, 1.807) is 25.1 Å². The molecule has 126 valence electrons. The van der Waals surface area contributed by atoms with E-state index in [1.807, 2.05) is 13.8 Å². The van der Waals surface area contributed by atoms with Crippen molar-refractivity contribution in [1.82, 2.24) is 10.5 Å². The number of anilines is 1. The Bertz CT molecular complexity index is 606. The van der Waals surface area contributed by atoms with E-state index >= 15 is 0 Å². The lowest BCUT2D eigenvalue weighted by Gasteiger charge is -2.17. The van der Waals surface area contributed by atoms with Gasteiger partial charge in [0.15, 0.2) is 0 Å². The van der Waals surface area contributed by atoms with Crippen LogP contribution in [0.4, 0.5) is 10.5 Å². The van der Waals surface area contributed by atoms with E-state index in [0.29, 0.717) is 17.3 Å². The van der Waals surface area contributed by atoms with Gasteiger partial charge < -0.3 is 4.74 Å². The maximum Gasteiger partial charge on any atom is 0.425 e. The highest BCUT2D eigenvalue weighted by Crippen LogP contribution is 2.30. The summed E-state index contributed by atoms with van der Waals surface area (Å²) in [7, 11) is 0. The smallest absolute Gasteiger partial charge is 0.425 e. The molecular weight excluding hydrogens is 322 g/mol. The molecule has 1 saturated heterocycles. The van der Waals surface area contributed by atoms with E-state index in [2.05, 4.69) is 10.9 Å². The summed E-state index contributed by atoms with van der Waals surface area (Å²) in [4.78, 5) is 28.8. The van der Waals surface area contributed by atoms with Gasteiger partial charge in [0, 0.05) is 5.02 Å². The molecule has 1 aliphatic heterocycles. The zero-order valence-electron chi connectivity index (χ0n) is 13.3. The maximum absolute atomic E-state index is 12.1. The standard InChI is InChI=1S/C15H20ClN3O4/c1-4-22-14(21)18-17-11-6-5-10(12(16)7-11)8-19-13(20)15(2,3)9-23-19/h5-7,17H,4,8-9H2,1-3H3,(H,18,21). The first-order chi connectivity index (χ1) is 10.8. The minimum atomic E-state index is -0.578. The van der Waals surface area contributed by atoms with Gasteiger partial charge in [0.25, 0.3) is 5.91 Å². The summed E-state index contributed by atoms with van der Waals surface area (Å²) in [6.45, 7) is 6.30. The number of hydrogen-bond acceptors (Lipinski definition) is 5. The third kappa shape index (κ3) is 4.27. The predicted molar refractivity (Wildman–Crippen MR) is 85.5 cm³/mol. The molecule has 1 heterocycles. The van der Waals surface area contributed by atoms with Crippen LogP contribution in [-0.4, -0.2) is 30.3 Å². The van der Waals surface area contributed by atoms with Crippen molar-refractivity contribution < 1.29 is 19.2 Å². The van der Waals surface area contributed by atoms with Crippen molar-refractivity contribution in [3.63, 3.8) is 0 Å². The minimum absolute atomic E-state index is 0.0697. The number of hydrazine groups is 1. The molecule has 0 atom stereocenters. The number of halogens is 1. The molecule has 0 radical (unpaired) electrons. The summed E-state index contributed by atoms with van der Waals surface area (Å²) in [6.07, 6.45) is -0.578. The summed E-state index contributed by atoms with van der Waals surface area (Å²) >= 11 is 6.23. The summed E-state index contributed by atoms with van der Waals surface area (Å²) in [6, 6.07) is 5.15. The van der Waals surface area contributed by atoms with E-state index in [9.17, 15) is 9.59 Å². The highest BCUT2D eigenvalue weighted by atomic mass is 35.5. The van der Waals surface area contributed by atoms with Gasteiger partial charge >= 0.3 is 6.09 Å². The van der Waals surface area contributed by atoms with Crippen molar-refractivity contribution in [3.05, 3.63) is 28.8 Å². The molecule has 7 nitrogen and oxygen atoms in total. The molecule has 1 aliphatic rings. The quantitative estimate of drug-likeness (QED) is 0.805. The Hall–Kier alpha value is -1.99. The Kier molecular flexibility index (Phi) is 5.33. The van der Waals surface area contributed by atoms with Crippen LogP contribution in [0.5, 0.6) is 0 Å². The van der Waals surface area contributed by atoms with Crippen LogP contribution >= 0.6 is 11.6 Å². The number of hydrogen-bond donors (Lipinski definition) is 2. The van der Waals surface area contributed by atoms with Crippen LogP contribution in [0.1, 0.15) is 26.3 Å². The first-order valence-electron chi connectivity index (χ1n) is 7.25. The molecule has 0 bridgehead atoms. The van der Waals surface area contributed by atoms with Crippen LogP contribution in [-0.2, 0) is 20.9 Å². The zero-order chi connectivity index (χ0) is 17.0. The minimum Gasteiger partial charge on any atom is -0.449 e. The fraction of sp³-hybridized carbons (Fsp3) is 0.467. The van der Waals surface area contributed by atoms with Crippen molar-refractivity contribution in [3.8, 4) is 0 Å². The van der Waals surface area contributed by atoms with Gasteiger partial charge in [-0.2, -0.15) is 0 Å². The molecule has 1 aromatic rings. The highest BCUT2D eigenvalue weighted by Gasteiger charge is 2.40. The summed E-state index contributed by atoms with van der Waals surface area (Å²) in [5.41, 5.74) is 5.90. The molecule has 0 aromatic heterocycles. The number of ether oxygens (including phenoxy) is 1. The molecule has 2 N–H and O–H groups in total. The summed E-state index contributed by atoms with van der Waals surface area (Å²) in [5, 5.41) is 1.78. The van der Waals surface area contributed by atoms with Gasteiger partial charge in [-0.25, -0.2) is 15.3 Å². The van der Waals surface area contributed by atoms with Gasteiger partial charge in [-0.15, -0.1) is 0 Å². The van der Waals surface area contributed by atoms with Crippen LogP contribution in [0.15, 0.2) is 18.2 Å². The lowest BCUT2D eigenvalue weighted by atomic mass is 9.95. The van der Waals surface area contributed by atoms with Gasteiger partial charge in [-0.05, 0) is 38.5 Å². The van der Waals surface area contributed by atoms with Gasteiger partial charge in [-0.1, -0.05) is 17.7 Å². The van der Waals surface area contributed by atoms with Crippen LogP contribution in [0, 0.1) is 5.41 Å². The van der Waals surface area contributed by atoms with Crippen LogP contribution in [0.2, 0.25) is 5.02 Å². The van der Waals surface area contributed by atoms with E-state index in [-0.39, 0.29) is 19.1 Å². The lowest BCUT2D eigenvalue weighted by Crippen LogP contribution is -2.30. The van der Waals surface area contributed by atoms with Crippen molar-refractivity contribution in [2.24, 2.45) is 5.41 Å². The second-order valence-corrected chi connectivity index (χ2v) is 6.18. The van der Waals surface area contributed by atoms with Crippen LogP contribution < -0.4 is 10.9 Å². The molecule has 1 fully saturated rings. The molecule has 0 saturated carbocycles. The first-order valence-corrected chi connectivity index (χ1v) is 7.63. The monoisotopic (exact) mass is 341 g/mol. The molecule has 0 spiro atoms. The normalized spacial score (nSPS) is 16.3. The van der Waals surface area contributed by atoms with Crippen molar-refractivity contribution in [2.75, 3.05) is 18.6 Å². The number of nitrogens with one attached hydrogen (secondary N) is 2. The topological polar surface area (TPSA) is 79.9 Å². The third-order valence-corrected chi connectivity index (χ3v) is 3.69. The molecule has 2 amide bonds. The third-order valence-electron chi connectivity index (χ3n) is 3.34. The van der Waals surface area contributed by atoms with Crippen LogP contribution in [0.25, 0.3) is 0 Å². The van der Waals surface area contributed by atoms with Crippen LogP contribution in [0.3, 0.4) is 0 Å².